The zero-order valence-electron chi connectivity index (χ0n) is 10.9. The molecule has 1 aliphatic heterocycles. The maximum absolute atomic E-state index is 12.0. The number of ether oxygens (including phenoxy) is 1. The molecule has 98 valence electrons. The van der Waals surface area contributed by atoms with Crippen molar-refractivity contribution >= 4 is 5.78 Å². The molecule has 19 heavy (non-hydrogen) atoms. The first-order chi connectivity index (χ1) is 9.22. The van der Waals surface area contributed by atoms with E-state index < -0.39 is 0 Å². The molecule has 3 nitrogen and oxygen atoms in total. The molecule has 0 aliphatic carbocycles. The lowest BCUT2D eigenvalue weighted by molar-refractivity contribution is 0.0982. The summed E-state index contributed by atoms with van der Waals surface area (Å²) in [5.41, 5.74) is 3.11. The standard InChI is InChI=1S/C16H16O3/c1-11-8-14(10-19-11)15(17)4-2-12-3-5-16-13(9-12)6-7-18-16/h3,5,8-10H,2,4,6-7H2,1H3. The maximum atomic E-state index is 12.0. The molecule has 0 atom stereocenters. The number of aryl methyl sites for hydroxylation is 2. The van der Waals surface area contributed by atoms with E-state index in [-0.39, 0.29) is 5.78 Å². The molecule has 3 rings (SSSR count). The maximum Gasteiger partial charge on any atom is 0.166 e. The molecule has 1 aromatic carbocycles. The minimum atomic E-state index is 0.133. The highest BCUT2D eigenvalue weighted by Crippen LogP contribution is 2.26. The van der Waals surface area contributed by atoms with Crippen molar-refractivity contribution < 1.29 is 13.9 Å². The molecule has 0 spiro atoms. The number of ketones is 1. The fraction of sp³-hybridized carbons (Fsp3) is 0.312. The number of hydrogen-bond donors (Lipinski definition) is 0. The monoisotopic (exact) mass is 256 g/mol. The van der Waals surface area contributed by atoms with E-state index in [4.69, 9.17) is 9.15 Å². The predicted octanol–water partition coefficient (Wildman–Crippen LogP) is 3.34. The van der Waals surface area contributed by atoms with E-state index in [2.05, 4.69) is 6.07 Å². The Kier molecular flexibility index (Phi) is 3.11. The second-order valence-electron chi connectivity index (χ2n) is 4.91. The molecule has 2 aromatic rings. The summed E-state index contributed by atoms with van der Waals surface area (Å²) in [5.74, 6) is 1.90. The van der Waals surface area contributed by atoms with Crippen LogP contribution in [0.4, 0.5) is 0 Å². The van der Waals surface area contributed by atoms with Crippen molar-refractivity contribution in [1.82, 2.24) is 0 Å². The van der Waals surface area contributed by atoms with Gasteiger partial charge < -0.3 is 9.15 Å². The second-order valence-corrected chi connectivity index (χ2v) is 4.91. The summed E-state index contributed by atoms with van der Waals surface area (Å²) in [7, 11) is 0. The Morgan fingerprint density at radius 2 is 2.21 bits per heavy atom. The van der Waals surface area contributed by atoms with E-state index in [9.17, 15) is 4.79 Å². The molecule has 2 heterocycles. The van der Waals surface area contributed by atoms with Crippen LogP contribution in [-0.2, 0) is 12.8 Å². The van der Waals surface area contributed by atoms with Gasteiger partial charge in [0.1, 0.15) is 17.8 Å². The molecule has 0 fully saturated rings. The first-order valence-corrected chi connectivity index (χ1v) is 6.55. The number of carbonyl (C=O) groups is 1. The molecule has 0 N–H and O–H groups in total. The van der Waals surface area contributed by atoms with Gasteiger partial charge in [0.15, 0.2) is 5.78 Å². The Hall–Kier alpha value is -2.03. The molecule has 0 bridgehead atoms. The summed E-state index contributed by atoms with van der Waals surface area (Å²) >= 11 is 0. The Labute approximate surface area is 112 Å². The van der Waals surface area contributed by atoms with E-state index in [1.165, 1.54) is 17.4 Å². The fourth-order valence-corrected chi connectivity index (χ4v) is 2.39. The van der Waals surface area contributed by atoms with Crippen LogP contribution in [0.3, 0.4) is 0 Å². The summed E-state index contributed by atoms with van der Waals surface area (Å²) < 4.78 is 10.6. The van der Waals surface area contributed by atoms with Crippen molar-refractivity contribution in [3.63, 3.8) is 0 Å². The molecular formula is C16H16O3. The first kappa shape index (κ1) is 12.0. The number of Topliss-reactive ketones (excluding diaryl/α,β-unsaturated/α-hetero) is 1. The number of rotatable bonds is 4. The zero-order valence-corrected chi connectivity index (χ0v) is 10.9. The molecule has 3 heteroatoms. The minimum absolute atomic E-state index is 0.133. The zero-order chi connectivity index (χ0) is 13.2. The summed E-state index contributed by atoms with van der Waals surface area (Å²) in [6, 6.07) is 7.98. The Morgan fingerprint density at radius 1 is 1.32 bits per heavy atom. The van der Waals surface area contributed by atoms with E-state index in [0.29, 0.717) is 12.0 Å². The number of fused-ring (bicyclic) bond motifs is 1. The average molecular weight is 256 g/mol. The number of benzene rings is 1. The highest BCUT2D eigenvalue weighted by atomic mass is 16.5. The van der Waals surface area contributed by atoms with Gasteiger partial charge in [0.2, 0.25) is 0 Å². The highest BCUT2D eigenvalue weighted by Gasteiger charge is 2.13. The van der Waals surface area contributed by atoms with Crippen LogP contribution in [0, 0.1) is 6.92 Å². The second kappa shape index (κ2) is 4.92. The third-order valence-corrected chi connectivity index (χ3v) is 3.45. The third kappa shape index (κ3) is 2.55. The van der Waals surface area contributed by atoms with E-state index >= 15 is 0 Å². The van der Waals surface area contributed by atoms with Crippen molar-refractivity contribution in [1.29, 1.82) is 0 Å². The van der Waals surface area contributed by atoms with Gasteiger partial charge in [0, 0.05) is 12.8 Å². The number of hydrogen-bond acceptors (Lipinski definition) is 3. The van der Waals surface area contributed by atoms with Gasteiger partial charge in [0.25, 0.3) is 0 Å². The molecule has 0 saturated carbocycles. The molecule has 0 amide bonds. The van der Waals surface area contributed by atoms with Gasteiger partial charge in [-0.2, -0.15) is 0 Å². The SMILES string of the molecule is Cc1cc(C(=O)CCc2ccc3c(c2)CCO3)co1. The van der Waals surface area contributed by atoms with Crippen molar-refractivity contribution in [2.45, 2.75) is 26.2 Å². The first-order valence-electron chi connectivity index (χ1n) is 6.55. The van der Waals surface area contributed by atoms with Gasteiger partial charge in [-0.05, 0) is 36.6 Å². The van der Waals surface area contributed by atoms with Crippen LogP contribution in [0.15, 0.2) is 34.9 Å². The van der Waals surface area contributed by atoms with Crippen LogP contribution in [0.5, 0.6) is 5.75 Å². The molecule has 1 aliphatic rings. The molecular weight excluding hydrogens is 240 g/mol. The fourth-order valence-electron chi connectivity index (χ4n) is 2.39. The van der Waals surface area contributed by atoms with Crippen LogP contribution in [0.25, 0.3) is 0 Å². The predicted molar refractivity (Wildman–Crippen MR) is 71.7 cm³/mol. The smallest absolute Gasteiger partial charge is 0.166 e. The lowest BCUT2D eigenvalue weighted by Gasteiger charge is -2.03. The van der Waals surface area contributed by atoms with Gasteiger partial charge in [-0.25, -0.2) is 0 Å². The lowest BCUT2D eigenvalue weighted by atomic mass is 10.0. The topological polar surface area (TPSA) is 39.4 Å². The number of furan rings is 1. The molecule has 0 unspecified atom stereocenters. The lowest BCUT2D eigenvalue weighted by Crippen LogP contribution is -1.99. The Bertz CT molecular complexity index is 610. The highest BCUT2D eigenvalue weighted by molar-refractivity contribution is 5.95. The van der Waals surface area contributed by atoms with Gasteiger partial charge >= 0.3 is 0 Å². The molecule has 0 saturated heterocycles. The number of carbonyl (C=O) groups excluding carboxylic acids is 1. The minimum Gasteiger partial charge on any atom is -0.493 e. The molecule has 0 radical (unpaired) electrons. The third-order valence-electron chi connectivity index (χ3n) is 3.45. The van der Waals surface area contributed by atoms with Crippen LogP contribution < -0.4 is 4.74 Å². The summed E-state index contributed by atoms with van der Waals surface area (Å²) in [6.45, 7) is 2.61. The Balaban J connectivity index is 1.64. The van der Waals surface area contributed by atoms with Gasteiger partial charge in [-0.1, -0.05) is 12.1 Å². The van der Waals surface area contributed by atoms with Gasteiger partial charge in [-0.3, -0.25) is 4.79 Å². The quantitative estimate of drug-likeness (QED) is 0.788. The molecule has 1 aromatic heterocycles. The van der Waals surface area contributed by atoms with Crippen LogP contribution in [-0.4, -0.2) is 12.4 Å². The van der Waals surface area contributed by atoms with Crippen molar-refractivity contribution in [2.75, 3.05) is 6.61 Å². The summed E-state index contributed by atoms with van der Waals surface area (Å²) in [5, 5.41) is 0. The summed E-state index contributed by atoms with van der Waals surface area (Å²) in [6.07, 6.45) is 3.78. The normalized spacial score (nSPS) is 13.1. The van der Waals surface area contributed by atoms with Crippen molar-refractivity contribution in [3.8, 4) is 5.75 Å². The van der Waals surface area contributed by atoms with E-state index in [1.807, 2.05) is 19.1 Å². The van der Waals surface area contributed by atoms with Crippen LogP contribution in [0.2, 0.25) is 0 Å². The van der Waals surface area contributed by atoms with E-state index in [0.717, 1.165) is 31.0 Å². The largest absolute Gasteiger partial charge is 0.493 e. The Morgan fingerprint density at radius 3 is 3.00 bits per heavy atom. The van der Waals surface area contributed by atoms with E-state index in [1.54, 1.807) is 6.07 Å². The van der Waals surface area contributed by atoms with Gasteiger partial charge in [-0.15, -0.1) is 0 Å². The van der Waals surface area contributed by atoms with Crippen molar-refractivity contribution in [2.24, 2.45) is 0 Å². The van der Waals surface area contributed by atoms with Gasteiger partial charge in [0.05, 0.1) is 12.2 Å². The average Bonchev–Trinajstić information content (AvgIpc) is 3.03. The van der Waals surface area contributed by atoms with Crippen molar-refractivity contribution in [3.05, 3.63) is 53.0 Å². The van der Waals surface area contributed by atoms with Crippen LogP contribution >= 0.6 is 0 Å². The van der Waals surface area contributed by atoms with Crippen LogP contribution in [0.1, 0.15) is 33.7 Å². The summed E-state index contributed by atoms with van der Waals surface area (Å²) in [4.78, 5) is 12.0.